The molecule has 0 unspecified atom stereocenters. The predicted molar refractivity (Wildman–Crippen MR) is 96.6 cm³/mol. The van der Waals surface area contributed by atoms with E-state index in [0.717, 1.165) is 43.9 Å². The Morgan fingerprint density at radius 2 is 2.00 bits per heavy atom. The summed E-state index contributed by atoms with van der Waals surface area (Å²) in [6.07, 6.45) is 3.78. The van der Waals surface area contributed by atoms with Crippen molar-refractivity contribution in [3.63, 3.8) is 0 Å². The smallest absolute Gasteiger partial charge is 0.312 e. The number of esters is 1. The zero-order valence-electron chi connectivity index (χ0n) is 15.2. The van der Waals surface area contributed by atoms with E-state index in [0.29, 0.717) is 19.6 Å². The Bertz CT molecular complexity index is 664. The molecule has 6 nitrogen and oxygen atoms in total. The topological polar surface area (TPSA) is 64.8 Å². The fourth-order valence-electron chi connectivity index (χ4n) is 3.41. The van der Waals surface area contributed by atoms with E-state index < -0.39 is 5.41 Å². The summed E-state index contributed by atoms with van der Waals surface area (Å²) in [5.41, 5.74) is 0.450. The quantitative estimate of drug-likeness (QED) is 0.675. The van der Waals surface area contributed by atoms with E-state index in [2.05, 4.69) is 10.1 Å². The molecule has 0 bridgehead atoms. The molecule has 1 fully saturated rings. The Kier molecular flexibility index (Phi) is 6.28. The summed E-state index contributed by atoms with van der Waals surface area (Å²) in [4.78, 5) is 15.0. The van der Waals surface area contributed by atoms with Crippen molar-refractivity contribution in [3.05, 3.63) is 48.4 Å². The molecule has 1 aliphatic heterocycles. The maximum Gasteiger partial charge on any atom is 0.312 e. The zero-order valence-corrected chi connectivity index (χ0v) is 15.2. The summed E-state index contributed by atoms with van der Waals surface area (Å²) in [7, 11) is 0. The molecule has 0 saturated carbocycles. The molecular weight excluding hydrogens is 332 g/mol. The van der Waals surface area contributed by atoms with Gasteiger partial charge in [0.1, 0.15) is 12.0 Å². The Labute approximate surface area is 154 Å². The first-order valence-corrected chi connectivity index (χ1v) is 9.18. The van der Waals surface area contributed by atoms with E-state index in [1.807, 2.05) is 43.3 Å². The Morgan fingerprint density at radius 3 is 2.65 bits per heavy atom. The van der Waals surface area contributed by atoms with Gasteiger partial charge in [0.05, 0.1) is 24.3 Å². The molecule has 2 aromatic rings. The minimum absolute atomic E-state index is 0.0993. The molecule has 26 heavy (non-hydrogen) atoms. The van der Waals surface area contributed by atoms with Gasteiger partial charge < -0.3 is 14.0 Å². The third-order valence-electron chi connectivity index (χ3n) is 4.99. The lowest BCUT2D eigenvalue weighted by Crippen LogP contribution is -2.45. The maximum atomic E-state index is 12.7. The average Bonchev–Trinajstić information content (AvgIpc) is 3.17. The number of nitrogens with zero attached hydrogens (tertiary/aromatic N) is 2. The molecule has 0 amide bonds. The molecule has 3 rings (SSSR count). The third kappa shape index (κ3) is 4.64. The van der Waals surface area contributed by atoms with Crippen LogP contribution in [0.25, 0.3) is 0 Å². The number of ether oxygens (including phenoxy) is 2. The summed E-state index contributed by atoms with van der Waals surface area (Å²) in [6, 6.07) is 11.6. The monoisotopic (exact) mass is 358 g/mol. The lowest BCUT2D eigenvalue weighted by Gasteiger charge is -2.39. The van der Waals surface area contributed by atoms with Gasteiger partial charge in [-0.2, -0.15) is 0 Å². The maximum absolute atomic E-state index is 12.7. The van der Waals surface area contributed by atoms with E-state index in [-0.39, 0.29) is 5.97 Å². The number of rotatable bonds is 8. The van der Waals surface area contributed by atoms with E-state index in [9.17, 15) is 4.79 Å². The third-order valence-corrected chi connectivity index (χ3v) is 4.99. The first-order chi connectivity index (χ1) is 12.7. The van der Waals surface area contributed by atoms with E-state index in [1.165, 1.54) is 0 Å². The Morgan fingerprint density at radius 1 is 1.23 bits per heavy atom. The van der Waals surface area contributed by atoms with Crippen LogP contribution in [-0.4, -0.2) is 42.3 Å². The van der Waals surface area contributed by atoms with Crippen molar-refractivity contribution >= 4 is 5.97 Å². The summed E-state index contributed by atoms with van der Waals surface area (Å²) in [6.45, 7) is 5.17. The molecule has 0 radical (unpaired) electrons. The number of hydrogen-bond acceptors (Lipinski definition) is 6. The highest BCUT2D eigenvalue weighted by Crippen LogP contribution is 2.37. The van der Waals surface area contributed by atoms with Crippen LogP contribution in [0.15, 0.2) is 47.2 Å². The predicted octanol–water partition coefficient (Wildman–Crippen LogP) is 3.29. The zero-order chi connectivity index (χ0) is 18.2. The standard InChI is InChI=1S/C20H26N2O4/c1-2-24-19(23)20(11-15-25-18-6-4-3-5-7-18)9-12-22(13-10-20)16-17-8-14-26-21-17/h3-8,14H,2,9-13,15-16H2,1H3. The van der Waals surface area contributed by atoms with Gasteiger partial charge in [-0.05, 0) is 51.4 Å². The van der Waals surface area contributed by atoms with Crippen LogP contribution in [0.2, 0.25) is 0 Å². The van der Waals surface area contributed by atoms with Gasteiger partial charge >= 0.3 is 5.97 Å². The fraction of sp³-hybridized carbons (Fsp3) is 0.500. The van der Waals surface area contributed by atoms with Crippen LogP contribution in [0, 0.1) is 5.41 Å². The van der Waals surface area contributed by atoms with Crippen LogP contribution in [0.1, 0.15) is 31.9 Å². The molecule has 1 aromatic carbocycles. The molecule has 1 aromatic heterocycles. The molecule has 0 spiro atoms. The van der Waals surface area contributed by atoms with Gasteiger partial charge in [0, 0.05) is 12.6 Å². The lowest BCUT2D eigenvalue weighted by atomic mass is 9.75. The molecular formula is C20H26N2O4. The van der Waals surface area contributed by atoms with Gasteiger partial charge in [0.15, 0.2) is 0 Å². The number of aromatic nitrogens is 1. The van der Waals surface area contributed by atoms with Crippen molar-refractivity contribution in [1.82, 2.24) is 10.1 Å². The van der Waals surface area contributed by atoms with Gasteiger partial charge in [-0.1, -0.05) is 23.4 Å². The lowest BCUT2D eigenvalue weighted by molar-refractivity contribution is -0.159. The number of benzene rings is 1. The molecule has 1 aliphatic rings. The number of piperidine rings is 1. The number of likely N-dealkylation sites (tertiary alicyclic amines) is 1. The highest BCUT2D eigenvalue weighted by atomic mass is 16.5. The van der Waals surface area contributed by atoms with Crippen LogP contribution in [0.4, 0.5) is 0 Å². The first-order valence-electron chi connectivity index (χ1n) is 9.18. The minimum atomic E-state index is -0.467. The molecule has 140 valence electrons. The van der Waals surface area contributed by atoms with Crippen molar-refractivity contribution in [2.24, 2.45) is 5.41 Å². The number of para-hydroxylation sites is 1. The summed E-state index contributed by atoms with van der Waals surface area (Å²) in [5.74, 6) is 0.729. The Hall–Kier alpha value is -2.34. The van der Waals surface area contributed by atoms with Crippen LogP contribution in [0.5, 0.6) is 5.75 Å². The van der Waals surface area contributed by atoms with Gasteiger partial charge in [-0.15, -0.1) is 0 Å². The highest BCUT2D eigenvalue weighted by molar-refractivity contribution is 5.77. The number of carbonyl (C=O) groups excluding carboxylic acids is 1. The number of hydrogen-bond donors (Lipinski definition) is 0. The second kappa shape index (κ2) is 8.85. The largest absolute Gasteiger partial charge is 0.494 e. The molecule has 0 aliphatic carbocycles. The van der Waals surface area contributed by atoms with Gasteiger partial charge in [0.2, 0.25) is 0 Å². The minimum Gasteiger partial charge on any atom is -0.494 e. The average molecular weight is 358 g/mol. The van der Waals surface area contributed by atoms with Crippen LogP contribution in [-0.2, 0) is 16.1 Å². The Balaban J connectivity index is 1.57. The normalized spacial score (nSPS) is 17.0. The van der Waals surface area contributed by atoms with Crippen LogP contribution < -0.4 is 4.74 Å². The highest BCUT2D eigenvalue weighted by Gasteiger charge is 2.42. The second-order valence-electron chi connectivity index (χ2n) is 6.68. The van der Waals surface area contributed by atoms with Crippen molar-refractivity contribution in [2.75, 3.05) is 26.3 Å². The molecule has 6 heteroatoms. The molecule has 2 heterocycles. The summed E-state index contributed by atoms with van der Waals surface area (Å²) >= 11 is 0. The fourth-order valence-corrected chi connectivity index (χ4v) is 3.41. The van der Waals surface area contributed by atoms with Crippen molar-refractivity contribution in [2.45, 2.75) is 32.7 Å². The van der Waals surface area contributed by atoms with Crippen molar-refractivity contribution in [1.29, 1.82) is 0 Å². The molecule has 1 saturated heterocycles. The van der Waals surface area contributed by atoms with Gasteiger partial charge in [0.25, 0.3) is 0 Å². The van der Waals surface area contributed by atoms with Crippen LogP contribution in [0.3, 0.4) is 0 Å². The first kappa shape index (κ1) is 18.5. The van der Waals surface area contributed by atoms with E-state index in [1.54, 1.807) is 6.26 Å². The molecule has 0 atom stereocenters. The van der Waals surface area contributed by atoms with E-state index in [4.69, 9.17) is 14.0 Å². The number of carbonyl (C=O) groups is 1. The van der Waals surface area contributed by atoms with Crippen LogP contribution >= 0.6 is 0 Å². The molecule has 0 N–H and O–H groups in total. The van der Waals surface area contributed by atoms with Gasteiger partial charge in [-0.3, -0.25) is 9.69 Å². The summed E-state index contributed by atoms with van der Waals surface area (Å²) in [5, 5.41) is 3.97. The second-order valence-corrected chi connectivity index (χ2v) is 6.68. The van der Waals surface area contributed by atoms with Crippen molar-refractivity contribution in [3.8, 4) is 5.75 Å². The van der Waals surface area contributed by atoms with Gasteiger partial charge in [-0.25, -0.2) is 0 Å². The summed E-state index contributed by atoms with van der Waals surface area (Å²) < 4.78 is 16.1. The SMILES string of the molecule is CCOC(=O)C1(CCOc2ccccc2)CCN(Cc2ccon2)CC1. The van der Waals surface area contributed by atoms with Crippen molar-refractivity contribution < 1.29 is 18.8 Å². The van der Waals surface area contributed by atoms with E-state index >= 15 is 0 Å².